The SMILES string of the molecule is COc1ccc(C)cc1CCN(C)CCCC(C)=O. The average Bonchev–Trinajstić information content (AvgIpc) is 2.36. The highest BCUT2D eigenvalue weighted by atomic mass is 16.5. The fourth-order valence-corrected chi connectivity index (χ4v) is 2.12. The van der Waals surface area contributed by atoms with E-state index < -0.39 is 0 Å². The third kappa shape index (κ3) is 5.88. The van der Waals surface area contributed by atoms with Gasteiger partial charge in [-0.2, -0.15) is 0 Å². The summed E-state index contributed by atoms with van der Waals surface area (Å²) in [6.45, 7) is 5.70. The summed E-state index contributed by atoms with van der Waals surface area (Å²) >= 11 is 0. The monoisotopic (exact) mass is 263 g/mol. The number of nitrogens with zero attached hydrogens (tertiary/aromatic N) is 1. The lowest BCUT2D eigenvalue weighted by Crippen LogP contribution is -2.23. The Balaban J connectivity index is 2.43. The van der Waals surface area contributed by atoms with Crippen molar-refractivity contribution in [3.8, 4) is 5.75 Å². The first-order chi connectivity index (χ1) is 9.02. The van der Waals surface area contributed by atoms with Crippen LogP contribution >= 0.6 is 0 Å². The van der Waals surface area contributed by atoms with E-state index in [0.29, 0.717) is 6.42 Å². The Morgan fingerprint density at radius 3 is 2.68 bits per heavy atom. The lowest BCUT2D eigenvalue weighted by molar-refractivity contribution is -0.117. The number of ether oxygens (including phenoxy) is 1. The summed E-state index contributed by atoms with van der Waals surface area (Å²) in [6.07, 6.45) is 2.59. The van der Waals surface area contributed by atoms with Crippen LogP contribution in [0.2, 0.25) is 0 Å². The van der Waals surface area contributed by atoms with Crippen LogP contribution in [0.25, 0.3) is 0 Å². The lowest BCUT2D eigenvalue weighted by Gasteiger charge is -2.17. The van der Waals surface area contributed by atoms with Crippen molar-refractivity contribution in [1.82, 2.24) is 4.90 Å². The van der Waals surface area contributed by atoms with Crippen molar-refractivity contribution in [3.05, 3.63) is 29.3 Å². The molecule has 0 fully saturated rings. The Morgan fingerprint density at radius 1 is 1.32 bits per heavy atom. The number of hydrogen-bond acceptors (Lipinski definition) is 3. The Labute approximate surface area is 116 Å². The molecule has 1 aromatic carbocycles. The number of likely N-dealkylation sites (N-methyl/N-ethyl adjacent to an activating group) is 1. The zero-order chi connectivity index (χ0) is 14.3. The van der Waals surface area contributed by atoms with Gasteiger partial charge in [-0.15, -0.1) is 0 Å². The molecule has 0 aliphatic heterocycles. The van der Waals surface area contributed by atoms with Crippen molar-refractivity contribution < 1.29 is 9.53 Å². The zero-order valence-electron chi connectivity index (χ0n) is 12.5. The summed E-state index contributed by atoms with van der Waals surface area (Å²) in [4.78, 5) is 13.2. The molecule has 19 heavy (non-hydrogen) atoms. The first kappa shape index (κ1) is 15.7. The van der Waals surface area contributed by atoms with Crippen LogP contribution in [0, 0.1) is 6.92 Å². The van der Waals surface area contributed by atoms with Crippen molar-refractivity contribution in [2.75, 3.05) is 27.2 Å². The van der Waals surface area contributed by atoms with Gasteiger partial charge in [-0.25, -0.2) is 0 Å². The van der Waals surface area contributed by atoms with E-state index in [2.05, 4.69) is 31.0 Å². The Hall–Kier alpha value is -1.35. The summed E-state index contributed by atoms with van der Waals surface area (Å²) < 4.78 is 5.38. The summed E-state index contributed by atoms with van der Waals surface area (Å²) in [5.74, 6) is 1.23. The second-order valence-electron chi connectivity index (χ2n) is 5.17. The highest BCUT2D eigenvalue weighted by molar-refractivity contribution is 5.75. The van der Waals surface area contributed by atoms with Crippen LogP contribution in [0.5, 0.6) is 5.75 Å². The third-order valence-corrected chi connectivity index (χ3v) is 3.27. The molecule has 0 aliphatic rings. The van der Waals surface area contributed by atoms with E-state index >= 15 is 0 Å². The molecule has 0 saturated heterocycles. The van der Waals surface area contributed by atoms with Crippen molar-refractivity contribution in [2.45, 2.75) is 33.1 Å². The highest BCUT2D eigenvalue weighted by Gasteiger charge is 2.05. The van der Waals surface area contributed by atoms with Crippen LogP contribution in [0.3, 0.4) is 0 Å². The van der Waals surface area contributed by atoms with Crippen LogP contribution in [-0.4, -0.2) is 37.9 Å². The van der Waals surface area contributed by atoms with Gasteiger partial charge in [-0.1, -0.05) is 17.7 Å². The molecular weight excluding hydrogens is 238 g/mol. The number of aryl methyl sites for hydroxylation is 1. The number of carbonyl (C=O) groups excluding carboxylic acids is 1. The highest BCUT2D eigenvalue weighted by Crippen LogP contribution is 2.20. The lowest BCUT2D eigenvalue weighted by atomic mass is 10.1. The van der Waals surface area contributed by atoms with E-state index in [9.17, 15) is 4.79 Å². The van der Waals surface area contributed by atoms with Gasteiger partial charge in [0, 0.05) is 13.0 Å². The van der Waals surface area contributed by atoms with Gasteiger partial charge < -0.3 is 14.4 Å². The fraction of sp³-hybridized carbons (Fsp3) is 0.562. The van der Waals surface area contributed by atoms with Gasteiger partial charge in [-0.3, -0.25) is 0 Å². The van der Waals surface area contributed by atoms with E-state index in [0.717, 1.165) is 31.7 Å². The number of Topliss-reactive ketones (excluding diaryl/α,β-unsaturated/α-hetero) is 1. The van der Waals surface area contributed by atoms with Crippen LogP contribution in [0.15, 0.2) is 18.2 Å². The molecule has 0 radical (unpaired) electrons. The number of carbonyl (C=O) groups is 1. The zero-order valence-corrected chi connectivity index (χ0v) is 12.5. The number of rotatable bonds is 8. The van der Waals surface area contributed by atoms with E-state index in [1.165, 1.54) is 11.1 Å². The summed E-state index contributed by atoms with van der Waals surface area (Å²) in [6, 6.07) is 6.28. The van der Waals surface area contributed by atoms with Crippen molar-refractivity contribution in [3.63, 3.8) is 0 Å². The van der Waals surface area contributed by atoms with Gasteiger partial charge in [0.25, 0.3) is 0 Å². The molecule has 0 N–H and O–H groups in total. The molecule has 1 aromatic rings. The average molecular weight is 263 g/mol. The smallest absolute Gasteiger partial charge is 0.129 e. The van der Waals surface area contributed by atoms with Gasteiger partial charge in [0.2, 0.25) is 0 Å². The minimum absolute atomic E-state index is 0.272. The van der Waals surface area contributed by atoms with E-state index in [4.69, 9.17) is 4.74 Å². The molecule has 106 valence electrons. The van der Waals surface area contributed by atoms with E-state index in [1.807, 2.05) is 6.07 Å². The maximum absolute atomic E-state index is 10.9. The number of benzene rings is 1. The normalized spacial score (nSPS) is 10.8. The topological polar surface area (TPSA) is 29.5 Å². The molecule has 0 atom stereocenters. The third-order valence-electron chi connectivity index (χ3n) is 3.27. The Bertz CT molecular complexity index is 415. The maximum Gasteiger partial charge on any atom is 0.129 e. The van der Waals surface area contributed by atoms with Gasteiger partial charge in [0.1, 0.15) is 11.5 Å². The summed E-state index contributed by atoms with van der Waals surface area (Å²) in [5, 5.41) is 0. The van der Waals surface area contributed by atoms with Crippen molar-refractivity contribution in [1.29, 1.82) is 0 Å². The van der Waals surface area contributed by atoms with Gasteiger partial charge in [0.15, 0.2) is 0 Å². The second kappa shape index (κ2) is 7.95. The first-order valence-electron chi connectivity index (χ1n) is 6.84. The van der Waals surface area contributed by atoms with Gasteiger partial charge >= 0.3 is 0 Å². The molecule has 1 rings (SSSR count). The predicted octanol–water partition coefficient (Wildman–Crippen LogP) is 2.85. The number of methoxy groups -OCH3 is 1. The van der Waals surface area contributed by atoms with Crippen LogP contribution < -0.4 is 4.74 Å². The number of ketones is 1. The van der Waals surface area contributed by atoms with Gasteiger partial charge in [-0.05, 0) is 51.9 Å². The molecule has 0 aromatic heterocycles. The molecule has 0 heterocycles. The molecule has 0 spiro atoms. The quantitative estimate of drug-likeness (QED) is 0.722. The minimum atomic E-state index is 0.272. The van der Waals surface area contributed by atoms with E-state index in [-0.39, 0.29) is 5.78 Å². The van der Waals surface area contributed by atoms with E-state index in [1.54, 1.807) is 14.0 Å². The molecule has 3 heteroatoms. The maximum atomic E-state index is 10.9. The minimum Gasteiger partial charge on any atom is -0.496 e. The molecule has 0 bridgehead atoms. The Morgan fingerprint density at radius 2 is 2.05 bits per heavy atom. The first-order valence-corrected chi connectivity index (χ1v) is 6.84. The predicted molar refractivity (Wildman–Crippen MR) is 78.8 cm³/mol. The number of hydrogen-bond donors (Lipinski definition) is 0. The largest absolute Gasteiger partial charge is 0.496 e. The van der Waals surface area contributed by atoms with Crippen molar-refractivity contribution >= 4 is 5.78 Å². The second-order valence-corrected chi connectivity index (χ2v) is 5.17. The van der Waals surface area contributed by atoms with Crippen LogP contribution in [0.1, 0.15) is 30.9 Å². The molecule has 0 saturated carbocycles. The van der Waals surface area contributed by atoms with Crippen LogP contribution in [-0.2, 0) is 11.2 Å². The summed E-state index contributed by atoms with van der Waals surface area (Å²) in [5.41, 5.74) is 2.51. The van der Waals surface area contributed by atoms with Crippen LogP contribution in [0.4, 0.5) is 0 Å². The molecule has 0 aliphatic carbocycles. The standard InChI is InChI=1S/C16H25NO2/c1-13-7-8-16(19-4)15(12-13)9-11-17(3)10-5-6-14(2)18/h7-8,12H,5-6,9-11H2,1-4H3. The fourth-order valence-electron chi connectivity index (χ4n) is 2.12. The van der Waals surface area contributed by atoms with Crippen molar-refractivity contribution in [2.24, 2.45) is 0 Å². The molecule has 3 nitrogen and oxygen atoms in total. The van der Waals surface area contributed by atoms with Gasteiger partial charge in [0.05, 0.1) is 7.11 Å². The molecular formula is C16H25NO2. The summed E-state index contributed by atoms with van der Waals surface area (Å²) in [7, 11) is 3.81. The Kier molecular flexibility index (Phi) is 6.57. The molecule has 0 amide bonds. The molecule has 0 unspecified atom stereocenters.